The number of benzene rings is 1. The van der Waals surface area contributed by atoms with E-state index in [2.05, 4.69) is 50.1 Å². The number of hydrogen-bond donors (Lipinski definition) is 1. The SMILES string of the molecule is CC(C)CNCC(Oc1ccc2cccnc2c1)C(C)C. The molecule has 1 aromatic carbocycles. The molecule has 0 saturated heterocycles. The van der Waals surface area contributed by atoms with Crippen LogP contribution in [0.4, 0.5) is 0 Å². The van der Waals surface area contributed by atoms with E-state index >= 15 is 0 Å². The Morgan fingerprint density at radius 3 is 2.62 bits per heavy atom. The molecule has 0 amide bonds. The summed E-state index contributed by atoms with van der Waals surface area (Å²) in [6.45, 7) is 10.7. The van der Waals surface area contributed by atoms with Crippen LogP contribution >= 0.6 is 0 Å². The van der Waals surface area contributed by atoms with Crippen molar-refractivity contribution in [2.45, 2.75) is 33.8 Å². The minimum absolute atomic E-state index is 0.171. The summed E-state index contributed by atoms with van der Waals surface area (Å²) >= 11 is 0. The summed E-state index contributed by atoms with van der Waals surface area (Å²) < 4.78 is 6.16. The van der Waals surface area contributed by atoms with Crippen LogP contribution in [0.2, 0.25) is 0 Å². The number of pyridine rings is 1. The zero-order chi connectivity index (χ0) is 15.2. The standard InChI is InChI=1S/C18H26N2O/c1-13(2)11-19-12-18(14(3)4)21-16-8-7-15-6-5-9-20-17(15)10-16/h5-10,13-14,18-19H,11-12H2,1-4H3. The highest BCUT2D eigenvalue weighted by Gasteiger charge is 2.15. The normalized spacial score (nSPS) is 13.0. The molecule has 1 unspecified atom stereocenters. The molecule has 0 bridgehead atoms. The van der Waals surface area contributed by atoms with E-state index in [0.29, 0.717) is 11.8 Å². The molecule has 2 aromatic rings. The van der Waals surface area contributed by atoms with Crippen molar-refractivity contribution in [1.29, 1.82) is 0 Å². The Hall–Kier alpha value is -1.61. The second kappa shape index (κ2) is 7.41. The van der Waals surface area contributed by atoms with Crippen LogP contribution in [-0.4, -0.2) is 24.2 Å². The highest BCUT2D eigenvalue weighted by molar-refractivity contribution is 5.79. The first-order valence-electron chi connectivity index (χ1n) is 7.78. The van der Waals surface area contributed by atoms with Crippen molar-refractivity contribution in [2.24, 2.45) is 11.8 Å². The molecule has 1 aromatic heterocycles. The van der Waals surface area contributed by atoms with Crippen LogP contribution in [0.3, 0.4) is 0 Å². The Morgan fingerprint density at radius 2 is 1.90 bits per heavy atom. The van der Waals surface area contributed by atoms with Gasteiger partial charge in [-0.05, 0) is 36.6 Å². The Bertz CT molecular complexity index is 566. The summed E-state index contributed by atoms with van der Waals surface area (Å²) in [5.74, 6) is 2.01. The lowest BCUT2D eigenvalue weighted by Gasteiger charge is -2.23. The second-order valence-electron chi connectivity index (χ2n) is 6.31. The molecule has 1 heterocycles. The number of rotatable bonds is 7. The molecular weight excluding hydrogens is 260 g/mol. The van der Waals surface area contributed by atoms with Crippen molar-refractivity contribution >= 4 is 10.9 Å². The van der Waals surface area contributed by atoms with E-state index in [1.807, 2.05) is 24.4 Å². The van der Waals surface area contributed by atoms with Crippen LogP contribution in [0, 0.1) is 11.8 Å². The third-order valence-electron chi connectivity index (χ3n) is 3.51. The van der Waals surface area contributed by atoms with Crippen LogP contribution in [0.5, 0.6) is 5.75 Å². The maximum atomic E-state index is 6.16. The van der Waals surface area contributed by atoms with Gasteiger partial charge in [-0.2, -0.15) is 0 Å². The molecule has 2 rings (SSSR count). The minimum Gasteiger partial charge on any atom is -0.489 e. The number of nitrogens with one attached hydrogen (secondary N) is 1. The molecule has 0 aliphatic carbocycles. The summed E-state index contributed by atoms with van der Waals surface area (Å²) in [6.07, 6.45) is 1.99. The fraction of sp³-hybridized carbons (Fsp3) is 0.500. The molecule has 0 fully saturated rings. The average Bonchev–Trinajstić information content (AvgIpc) is 2.45. The monoisotopic (exact) mass is 286 g/mol. The predicted octanol–water partition coefficient (Wildman–Crippen LogP) is 3.88. The quantitative estimate of drug-likeness (QED) is 0.838. The number of nitrogens with zero attached hydrogens (tertiary/aromatic N) is 1. The Morgan fingerprint density at radius 1 is 1.10 bits per heavy atom. The van der Waals surface area contributed by atoms with E-state index in [1.165, 1.54) is 0 Å². The van der Waals surface area contributed by atoms with Crippen LogP contribution in [-0.2, 0) is 0 Å². The fourth-order valence-electron chi connectivity index (χ4n) is 2.22. The van der Waals surface area contributed by atoms with Gasteiger partial charge in [-0.1, -0.05) is 33.8 Å². The first kappa shape index (κ1) is 15.8. The molecule has 0 saturated carbocycles. The van der Waals surface area contributed by atoms with Gasteiger partial charge < -0.3 is 10.1 Å². The van der Waals surface area contributed by atoms with Crippen LogP contribution in [0.15, 0.2) is 36.5 Å². The molecule has 0 radical (unpaired) electrons. The van der Waals surface area contributed by atoms with Gasteiger partial charge in [0, 0.05) is 24.2 Å². The summed E-state index contributed by atoms with van der Waals surface area (Å²) in [5.41, 5.74) is 0.979. The Kier molecular flexibility index (Phi) is 5.57. The molecule has 0 aliphatic rings. The van der Waals surface area contributed by atoms with Gasteiger partial charge in [0.2, 0.25) is 0 Å². The summed E-state index contributed by atoms with van der Waals surface area (Å²) in [4.78, 5) is 4.38. The molecular formula is C18H26N2O. The summed E-state index contributed by atoms with van der Waals surface area (Å²) in [6, 6.07) is 10.1. The average molecular weight is 286 g/mol. The van der Waals surface area contributed by atoms with Crippen molar-refractivity contribution in [2.75, 3.05) is 13.1 Å². The van der Waals surface area contributed by atoms with Crippen LogP contribution in [0.25, 0.3) is 10.9 Å². The van der Waals surface area contributed by atoms with Gasteiger partial charge in [-0.25, -0.2) is 0 Å². The maximum absolute atomic E-state index is 6.16. The van der Waals surface area contributed by atoms with E-state index in [9.17, 15) is 0 Å². The van der Waals surface area contributed by atoms with E-state index in [-0.39, 0.29) is 6.10 Å². The van der Waals surface area contributed by atoms with Gasteiger partial charge >= 0.3 is 0 Å². The lowest BCUT2D eigenvalue weighted by atomic mass is 10.1. The zero-order valence-electron chi connectivity index (χ0n) is 13.5. The van der Waals surface area contributed by atoms with E-state index < -0.39 is 0 Å². The molecule has 0 spiro atoms. The van der Waals surface area contributed by atoms with Gasteiger partial charge in [0.1, 0.15) is 11.9 Å². The molecule has 3 heteroatoms. The Balaban J connectivity index is 2.04. The first-order valence-corrected chi connectivity index (χ1v) is 7.78. The first-order chi connectivity index (χ1) is 10.1. The van der Waals surface area contributed by atoms with Crippen LogP contribution < -0.4 is 10.1 Å². The topological polar surface area (TPSA) is 34.1 Å². The van der Waals surface area contributed by atoms with Gasteiger partial charge in [0.05, 0.1) is 5.52 Å². The number of hydrogen-bond acceptors (Lipinski definition) is 3. The molecule has 1 atom stereocenters. The van der Waals surface area contributed by atoms with Gasteiger partial charge in [-0.15, -0.1) is 0 Å². The summed E-state index contributed by atoms with van der Waals surface area (Å²) in [5, 5.41) is 4.63. The summed E-state index contributed by atoms with van der Waals surface area (Å²) in [7, 11) is 0. The van der Waals surface area contributed by atoms with Crippen molar-refractivity contribution in [3.63, 3.8) is 0 Å². The molecule has 0 aliphatic heterocycles. The maximum Gasteiger partial charge on any atom is 0.122 e. The third-order valence-corrected chi connectivity index (χ3v) is 3.51. The number of fused-ring (bicyclic) bond motifs is 1. The van der Waals surface area contributed by atoms with Gasteiger partial charge in [0.15, 0.2) is 0 Å². The van der Waals surface area contributed by atoms with E-state index in [4.69, 9.17) is 4.74 Å². The van der Waals surface area contributed by atoms with Gasteiger partial charge in [-0.3, -0.25) is 4.98 Å². The number of aromatic nitrogens is 1. The van der Waals surface area contributed by atoms with Crippen molar-refractivity contribution in [1.82, 2.24) is 10.3 Å². The minimum atomic E-state index is 0.171. The Labute approximate surface area is 127 Å². The fourth-order valence-corrected chi connectivity index (χ4v) is 2.22. The lowest BCUT2D eigenvalue weighted by molar-refractivity contribution is 0.148. The van der Waals surface area contributed by atoms with Crippen molar-refractivity contribution < 1.29 is 4.74 Å². The van der Waals surface area contributed by atoms with Gasteiger partial charge in [0.25, 0.3) is 0 Å². The molecule has 1 N–H and O–H groups in total. The van der Waals surface area contributed by atoms with Crippen molar-refractivity contribution in [3.05, 3.63) is 36.5 Å². The molecule has 3 nitrogen and oxygen atoms in total. The molecule has 114 valence electrons. The number of ether oxygens (including phenoxy) is 1. The van der Waals surface area contributed by atoms with E-state index in [0.717, 1.165) is 29.7 Å². The smallest absolute Gasteiger partial charge is 0.122 e. The van der Waals surface area contributed by atoms with Crippen LogP contribution in [0.1, 0.15) is 27.7 Å². The third kappa shape index (κ3) is 4.71. The zero-order valence-corrected chi connectivity index (χ0v) is 13.5. The predicted molar refractivity (Wildman–Crippen MR) is 88.7 cm³/mol. The largest absolute Gasteiger partial charge is 0.489 e. The van der Waals surface area contributed by atoms with E-state index in [1.54, 1.807) is 0 Å². The lowest BCUT2D eigenvalue weighted by Crippen LogP contribution is -2.36. The highest BCUT2D eigenvalue weighted by atomic mass is 16.5. The second-order valence-corrected chi connectivity index (χ2v) is 6.31. The van der Waals surface area contributed by atoms with Crippen molar-refractivity contribution in [3.8, 4) is 5.75 Å². The highest BCUT2D eigenvalue weighted by Crippen LogP contribution is 2.21. The molecule has 21 heavy (non-hydrogen) atoms.